The summed E-state index contributed by atoms with van der Waals surface area (Å²) in [5.74, 6) is -0.357. The summed E-state index contributed by atoms with van der Waals surface area (Å²) in [6.45, 7) is 2.40. The van der Waals surface area contributed by atoms with Gasteiger partial charge in [-0.05, 0) is 30.7 Å². The summed E-state index contributed by atoms with van der Waals surface area (Å²) in [6, 6.07) is 9.49. The van der Waals surface area contributed by atoms with Crippen molar-refractivity contribution in [3.05, 3.63) is 60.0 Å². The zero-order valence-electron chi connectivity index (χ0n) is 13.4. The van der Waals surface area contributed by atoms with Crippen LogP contribution in [0.3, 0.4) is 0 Å². The molecule has 0 radical (unpaired) electrons. The molecule has 0 unspecified atom stereocenters. The molecule has 122 valence electrons. The van der Waals surface area contributed by atoms with E-state index in [4.69, 9.17) is 0 Å². The number of benzene rings is 1. The first kappa shape index (κ1) is 15.9. The van der Waals surface area contributed by atoms with Gasteiger partial charge in [0.2, 0.25) is 11.8 Å². The van der Waals surface area contributed by atoms with Gasteiger partial charge >= 0.3 is 0 Å². The van der Waals surface area contributed by atoms with Crippen LogP contribution in [0.15, 0.2) is 48.9 Å². The highest BCUT2D eigenvalue weighted by molar-refractivity contribution is 5.92. The van der Waals surface area contributed by atoms with Crippen molar-refractivity contribution in [2.45, 2.75) is 26.3 Å². The molecule has 24 heavy (non-hydrogen) atoms. The van der Waals surface area contributed by atoms with E-state index in [2.05, 4.69) is 15.4 Å². The van der Waals surface area contributed by atoms with Crippen molar-refractivity contribution in [2.24, 2.45) is 0 Å². The standard InChI is InChI=1S/C18H18N4O2/c1-13-4-5-16-15(9-13)12-21-22(16)18(24)7-6-17(23)20-11-14-3-2-8-19-10-14/h2-5,8-10,12H,6-7,11H2,1H3,(H,20,23). The van der Waals surface area contributed by atoms with Gasteiger partial charge in [0.1, 0.15) is 0 Å². The molecular weight excluding hydrogens is 304 g/mol. The van der Waals surface area contributed by atoms with E-state index in [1.165, 1.54) is 4.68 Å². The smallest absolute Gasteiger partial charge is 0.247 e. The number of nitrogens with zero attached hydrogens (tertiary/aromatic N) is 3. The summed E-state index contributed by atoms with van der Waals surface area (Å²) in [4.78, 5) is 28.2. The van der Waals surface area contributed by atoms with Crippen molar-refractivity contribution >= 4 is 22.7 Å². The van der Waals surface area contributed by atoms with E-state index in [0.29, 0.717) is 6.54 Å². The molecule has 0 aliphatic heterocycles. The van der Waals surface area contributed by atoms with Crippen LogP contribution >= 0.6 is 0 Å². The highest BCUT2D eigenvalue weighted by atomic mass is 16.2. The van der Waals surface area contributed by atoms with Crippen LogP contribution in [-0.2, 0) is 11.3 Å². The molecule has 3 rings (SSSR count). The minimum absolute atomic E-state index is 0.115. The number of aryl methyl sites for hydroxylation is 1. The van der Waals surface area contributed by atoms with Crippen molar-refractivity contribution in [3.63, 3.8) is 0 Å². The fourth-order valence-corrected chi connectivity index (χ4v) is 2.47. The van der Waals surface area contributed by atoms with Crippen molar-refractivity contribution in [1.29, 1.82) is 0 Å². The van der Waals surface area contributed by atoms with Gasteiger partial charge in [0.05, 0.1) is 11.7 Å². The Morgan fingerprint density at radius 3 is 2.83 bits per heavy atom. The van der Waals surface area contributed by atoms with Crippen molar-refractivity contribution < 1.29 is 9.59 Å². The zero-order chi connectivity index (χ0) is 16.9. The van der Waals surface area contributed by atoms with Gasteiger partial charge in [0.15, 0.2) is 0 Å². The van der Waals surface area contributed by atoms with Crippen LogP contribution < -0.4 is 5.32 Å². The predicted molar refractivity (Wildman–Crippen MR) is 90.4 cm³/mol. The van der Waals surface area contributed by atoms with Crippen LogP contribution in [0.25, 0.3) is 10.9 Å². The molecule has 1 aromatic carbocycles. The van der Waals surface area contributed by atoms with Crippen molar-refractivity contribution in [3.8, 4) is 0 Å². The third kappa shape index (κ3) is 3.65. The van der Waals surface area contributed by atoms with E-state index >= 15 is 0 Å². The summed E-state index contributed by atoms with van der Waals surface area (Å²) < 4.78 is 1.36. The zero-order valence-corrected chi connectivity index (χ0v) is 13.4. The summed E-state index contributed by atoms with van der Waals surface area (Å²) in [6.07, 6.45) is 5.29. The quantitative estimate of drug-likeness (QED) is 0.783. The molecule has 0 spiro atoms. The Kier molecular flexibility index (Phi) is 4.65. The molecule has 0 fully saturated rings. The first-order chi connectivity index (χ1) is 11.6. The molecule has 0 aliphatic carbocycles. The number of rotatable bonds is 5. The first-order valence-electron chi connectivity index (χ1n) is 7.76. The Morgan fingerprint density at radius 2 is 2.04 bits per heavy atom. The van der Waals surface area contributed by atoms with Crippen molar-refractivity contribution in [2.75, 3.05) is 0 Å². The topological polar surface area (TPSA) is 76.9 Å². The van der Waals surface area contributed by atoms with E-state index in [1.807, 2.05) is 37.3 Å². The van der Waals surface area contributed by atoms with E-state index < -0.39 is 0 Å². The van der Waals surface area contributed by atoms with Crippen LogP contribution in [0.1, 0.15) is 28.8 Å². The van der Waals surface area contributed by atoms with Gasteiger partial charge in [-0.25, -0.2) is 4.68 Å². The van der Waals surface area contributed by atoms with E-state index in [1.54, 1.807) is 18.6 Å². The Balaban J connectivity index is 1.55. The number of hydrogen-bond acceptors (Lipinski definition) is 4. The number of hydrogen-bond donors (Lipinski definition) is 1. The Bertz CT molecular complexity index is 871. The molecular formula is C18H18N4O2. The summed E-state index contributed by atoms with van der Waals surface area (Å²) in [5, 5.41) is 7.84. The molecule has 2 aromatic heterocycles. The second-order valence-electron chi connectivity index (χ2n) is 5.65. The molecule has 0 bridgehead atoms. The molecule has 0 saturated carbocycles. The Morgan fingerprint density at radius 1 is 1.17 bits per heavy atom. The highest BCUT2D eigenvalue weighted by Gasteiger charge is 2.12. The first-order valence-corrected chi connectivity index (χ1v) is 7.76. The monoisotopic (exact) mass is 322 g/mol. The summed E-state index contributed by atoms with van der Waals surface area (Å²) in [7, 11) is 0. The molecule has 1 amide bonds. The molecule has 0 saturated heterocycles. The van der Waals surface area contributed by atoms with Gasteiger partial charge in [-0.3, -0.25) is 14.6 Å². The number of carbonyl (C=O) groups excluding carboxylic acids is 2. The van der Waals surface area contributed by atoms with Gasteiger partial charge in [-0.1, -0.05) is 17.7 Å². The van der Waals surface area contributed by atoms with Crippen molar-refractivity contribution in [1.82, 2.24) is 20.1 Å². The third-order valence-electron chi connectivity index (χ3n) is 3.74. The minimum Gasteiger partial charge on any atom is -0.352 e. The third-order valence-corrected chi connectivity index (χ3v) is 3.74. The second kappa shape index (κ2) is 7.04. The Hall–Kier alpha value is -3.02. The maximum absolute atomic E-state index is 12.3. The normalized spacial score (nSPS) is 10.7. The lowest BCUT2D eigenvalue weighted by atomic mass is 10.2. The molecule has 0 atom stereocenters. The number of fused-ring (bicyclic) bond motifs is 1. The second-order valence-corrected chi connectivity index (χ2v) is 5.65. The fraction of sp³-hybridized carbons (Fsp3) is 0.222. The number of nitrogens with one attached hydrogen (secondary N) is 1. The lowest BCUT2D eigenvalue weighted by Gasteiger charge is -2.05. The van der Waals surface area contributed by atoms with Gasteiger partial charge in [-0.15, -0.1) is 0 Å². The SMILES string of the molecule is Cc1ccc2c(cnn2C(=O)CCC(=O)NCc2cccnc2)c1. The molecule has 1 N–H and O–H groups in total. The van der Waals surface area contributed by atoms with Crippen LogP contribution in [0.4, 0.5) is 0 Å². The van der Waals surface area contributed by atoms with Gasteiger partial charge < -0.3 is 5.32 Å². The highest BCUT2D eigenvalue weighted by Crippen LogP contribution is 2.16. The van der Waals surface area contributed by atoms with Gasteiger partial charge in [-0.2, -0.15) is 5.10 Å². The Labute approximate surface area is 139 Å². The number of pyridine rings is 1. The van der Waals surface area contributed by atoms with Crippen LogP contribution in [0.5, 0.6) is 0 Å². The lowest BCUT2D eigenvalue weighted by molar-refractivity contribution is -0.121. The molecule has 2 heterocycles. The molecule has 6 nitrogen and oxygen atoms in total. The van der Waals surface area contributed by atoms with E-state index in [-0.39, 0.29) is 24.7 Å². The maximum Gasteiger partial charge on any atom is 0.247 e. The lowest BCUT2D eigenvalue weighted by Crippen LogP contribution is -2.24. The fourth-order valence-electron chi connectivity index (χ4n) is 2.47. The average Bonchev–Trinajstić information content (AvgIpc) is 3.01. The number of carbonyl (C=O) groups is 2. The van der Waals surface area contributed by atoms with Crippen LogP contribution in [0, 0.1) is 6.92 Å². The number of amides is 1. The van der Waals surface area contributed by atoms with Gasteiger partial charge in [0.25, 0.3) is 0 Å². The maximum atomic E-state index is 12.3. The summed E-state index contributed by atoms with van der Waals surface area (Å²) >= 11 is 0. The number of aromatic nitrogens is 3. The van der Waals surface area contributed by atoms with E-state index in [9.17, 15) is 9.59 Å². The molecule has 6 heteroatoms. The molecule has 0 aliphatic rings. The largest absolute Gasteiger partial charge is 0.352 e. The van der Waals surface area contributed by atoms with E-state index in [0.717, 1.165) is 22.0 Å². The van der Waals surface area contributed by atoms with Crippen LogP contribution in [0.2, 0.25) is 0 Å². The van der Waals surface area contributed by atoms with Gasteiger partial charge in [0, 0.05) is 37.2 Å². The van der Waals surface area contributed by atoms with Crippen LogP contribution in [-0.4, -0.2) is 26.6 Å². The minimum atomic E-state index is -0.189. The predicted octanol–water partition coefficient (Wildman–Crippen LogP) is 2.48. The molecule has 3 aromatic rings. The summed E-state index contributed by atoms with van der Waals surface area (Å²) in [5.41, 5.74) is 2.80. The average molecular weight is 322 g/mol.